The number of thiazole rings is 1. The molecule has 0 bridgehead atoms. The Kier molecular flexibility index (Phi) is 7.36. The molecule has 0 saturated heterocycles. The third-order valence-electron chi connectivity index (χ3n) is 4.13. The fourth-order valence-corrected chi connectivity index (χ4v) is 3.43. The van der Waals surface area contributed by atoms with Crippen molar-refractivity contribution in [3.05, 3.63) is 56.1 Å². The smallest absolute Gasteiger partial charge is 0.326 e. The lowest BCUT2D eigenvalue weighted by atomic mass is 10.00. The number of rotatable bonds is 8. The molecule has 1 amide bonds. The van der Waals surface area contributed by atoms with E-state index in [1.807, 2.05) is 19.1 Å². The lowest BCUT2D eigenvalue weighted by Gasteiger charge is -2.15. The Morgan fingerprint density at radius 2 is 1.85 bits per heavy atom. The molecule has 7 heteroatoms. The van der Waals surface area contributed by atoms with Crippen molar-refractivity contribution in [2.75, 3.05) is 6.61 Å². The zero-order chi connectivity index (χ0) is 20.0. The predicted octanol–water partition coefficient (Wildman–Crippen LogP) is 2.84. The van der Waals surface area contributed by atoms with E-state index < -0.39 is 5.97 Å². The Morgan fingerprint density at radius 1 is 1.19 bits per heavy atom. The van der Waals surface area contributed by atoms with Crippen LogP contribution in [-0.2, 0) is 27.3 Å². The highest BCUT2D eigenvalue weighted by molar-refractivity contribution is 7.07. The third kappa shape index (κ3) is 6.36. The van der Waals surface area contributed by atoms with Gasteiger partial charge in [0.25, 0.3) is 5.91 Å². The molecule has 0 spiro atoms. The highest BCUT2D eigenvalue weighted by atomic mass is 32.1. The summed E-state index contributed by atoms with van der Waals surface area (Å²) in [4.78, 5) is 35.2. The summed E-state index contributed by atoms with van der Waals surface area (Å²) in [6.45, 7) is 7.42. The van der Waals surface area contributed by atoms with E-state index in [9.17, 15) is 14.4 Å². The van der Waals surface area contributed by atoms with Crippen LogP contribution < -0.4 is 10.2 Å². The molecule has 2 aromatic rings. The molecule has 0 saturated carbocycles. The molecule has 1 aromatic carbocycles. The maximum absolute atomic E-state index is 12.0. The minimum Gasteiger partial charge on any atom is -0.454 e. The van der Waals surface area contributed by atoms with E-state index in [0.29, 0.717) is 11.6 Å². The summed E-state index contributed by atoms with van der Waals surface area (Å²) in [5.74, 6) is -0.396. The van der Waals surface area contributed by atoms with Gasteiger partial charge in [-0.15, -0.1) is 0 Å². The van der Waals surface area contributed by atoms with E-state index in [-0.39, 0.29) is 30.0 Å². The van der Waals surface area contributed by atoms with Crippen molar-refractivity contribution in [3.63, 3.8) is 0 Å². The number of aromatic nitrogens is 1. The van der Waals surface area contributed by atoms with Gasteiger partial charge in [-0.25, -0.2) is 0 Å². The summed E-state index contributed by atoms with van der Waals surface area (Å²) >= 11 is 1.03. The normalized spacial score (nSPS) is 12.0. The highest BCUT2D eigenvalue weighted by Gasteiger charge is 2.14. The van der Waals surface area contributed by atoms with Crippen LogP contribution in [0.25, 0.3) is 0 Å². The number of ether oxygens (including phenoxy) is 1. The van der Waals surface area contributed by atoms with Crippen molar-refractivity contribution >= 4 is 23.2 Å². The van der Waals surface area contributed by atoms with E-state index in [1.165, 1.54) is 10.1 Å². The number of nitrogens with one attached hydrogen (secondary N) is 1. The second kappa shape index (κ2) is 9.50. The summed E-state index contributed by atoms with van der Waals surface area (Å²) in [7, 11) is 0. The Hall–Kier alpha value is -2.41. The van der Waals surface area contributed by atoms with Crippen molar-refractivity contribution < 1.29 is 14.3 Å². The fraction of sp³-hybridized carbons (Fsp3) is 0.450. The number of benzene rings is 1. The van der Waals surface area contributed by atoms with Crippen LogP contribution in [0.2, 0.25) is 0 Å². The average Bonchev–Trinajstić information content (AvgIpc) is 2.92. The lowest BCUT2D eigenvalue weighted by Crippen LogP contribution is -2.32. The Labute approximate surface area is 163 Å². The quantitative estimate of drug-likeness (QED) is 0.703. The van der Waals surface area contributed by atoms with Crippen LogP contribution in [0.4, 0.5) is 0 Å². The van der Waals surface area contributed by atoms with Crippen LogP contribution in [0, 0.1) is 12.8 Å². The van der Waals surface area contributed by atoms with Crippen LogP contribution in [0.1, 0.15) is 43.6 Å². The van der Waals surface area contributed by atoms with E-state index in [0.717, 1.165) is 23.3 Å². The Balaban J connectivity index is 1.80. The standard InChI is InChI=1S/C20H26N2O4S/c1-13(2)9-16-5-7-17(8-6-16)15(4)21-18(23)11-26-19(24)10-22-14(3)12-27-20(22)25/h5-8,12-13,15H,9-11H2,1-4H3,(H,21,23)/t15-/m1/s1. The maximum Gasteiger partial charge on any atom is 0.326 e. The van der Waals surface area contributed by atoms with Crippen LogP contribution in [-0.4, -0.2) is 23.1 Å². The molecule has 146 valence electrons. The molecule has 0 radical (unpaired) electrons. The zero-order valence-corrected chi connectivity index (χ0v) is 17.0. The lowest BCUT2D eigenvalue weighted by molar-refractivity contribution is -0.149. The van der Waals surface area contributed by atoms with Crippen molar-refractivity contribution in [1.29, 1.82) is 0 Å². The number of aryl methyl sites for hydroxylation is 1. The molecule has 0 fully saturated rings. The van der Waals surface area contributed by atoms with Gasteiger partial charge < -0.3 is 10.1 Å². The van der Waals surface area contributed by atoms with Gasteiger partial charge in [0, 0.05) is 11.1 Å². The van der Waals surface area contributed by atoms with Crippen molar-refractivity contribution in [3.8, 4) is 0 Å². The van der Waals surface area contributed by atoms with Gasteiger partial charge in [-0.3, -0.25) is 19.0 Å². The summed E-state index contributed by atoms with van der Waals surface area (Å²) in [5, 5.41) is 4.49. The number of carbonyl (C=O) groups excluding carboxylic acids is 2. The molecule has 1 N–H and O–H groups in total. The number of hydrogen-bond donors (Lipinski definition) is 1. The molecule has 0 aliphatic heterocycles. The molecular formula is C20H26N2O4S. The molecule has 0 aliphatic carbocycles. The molecule has 1 atom stereocenters. The van der Waals surface area contributed by atoms with Gasteiger partial charge >= 0.3 is 10.8 Å². The second-order valence-corrected chi connectivity index (χ2v) is 7.84. The van der Waals surface area contributed by atoms with Gasteiger partial charge in [0.05, 0.1) is 6.04 Å². The first kappa shape index (κ1) is 20.9. The SMILES string of the molecule is Cc1csc(=O)n1CC(=O)OCC(=O)N[C@H](C)c1ccc(CC(C)C)cc1. The summed E-state index contributed by atoms with van der Waals surface area (Å²) in [6.07, 6.45) is 1.02. The number of hydrogen-bond acceptors (Lipinski definition) is 5. The number of amides is 1. The molecule has 6 nitrogen and oxygen atoms in total. The zero-order valence-electron chi connectivity index (χ0n) is 16.2. The van der Waals surface area contributed by atoms with Crippen molar-refractivity contribution in [2.24, 2.45) is 5.92 Å². The summed E-state index contributed by atoms with van der Waals surface area (Å²) in [6, 6.07) is 7.95. The Bertz CT molecular complexity index is 836. The first-order chi connectivity index (χ1) is 12.8. The number of carbonyl (C=O) groups is 2. The van der Waals surface area contributed by atoms with Gasteiger partial charge in [-0.1, -0.05) is 49.4 Å². The minimum absolute atomic E-state index is 0.186. The Morgan fingerprint density at radius 3 is 2.41 bits per heavy atom. The van der Waals surface area contributed by atoms with Crippen LogP contribution in [0.15, 0.2) is 34.4 Å². The van der Waals surface area contributed by atoms with Crippen LogP contribution >= 0.6 is 11.3 Å². The number of nitrogens with zero attached hydrogens (tertiary/aromatic N) is 1. The maximum atomic E-state index is 12.0. The van der Waals surface area contributed by atoms with E-state index in [2.05, 4.69) is 31.3 Å². The molecule has 2 rings (SSSR count). The molecule has 1 heterocycles. The van der Waals surface area contributed by atoms with E-state index in [4.69, 9.17) is 4.74 Å². The summed E-state index contributed by atoms with van der Waals surface area (Å²) < 4.78 is 6.31. The highest BCUT2D eigenvalue weighted by Crippen LogP contribution is 2.15. The third-order valence-corrected chi connectivity index (χ3v) is 5.01. The topological polar surface area (TPSA) is 77.4 Å². The molecule has 1 aromatic heterocycles. The van der Waals surface area contributed by atoms with E-state index in [1.54, 1.807) is 12.3 Å². The molecule has 0 aliphatic rings. The van der Waals surface area contributed by atoms with Gasteiger partial charge in [-0.2, -0.15) is 0 Å². The van der Waals surface area contributed by atoms with Crippen molar-refractivity contribution in [1.82, 2.24) is 9.88 Å². The monoisotopic (exact) mass is 390 g/mol. The largest absolute Gasteiger partial charge is 0.454 e. The molecule has 0 unspecified atom stereocenters. The summed E-state index contributed by atoms with van der Waals surface area (Å²) in [5.41, 5.74) is 2.95. The molecule has 27 heavy (non-hydrogen) atoms. The number of esters is 1. The van der Waals surface area contributed by atoms with Gasteiger partial charge in [0.15, 0.2) is 6.61 Å². The van der Waals surface area contributed by atoms with Crippen LogP contribution in [0.3, 0.4) is 0 Å². The molecular weight excluding hydrogens is 364 g/mol. The van der Waals surface area contributed by atoms with Gasteiger partial charge in [0.1, 0.15) is 6.54 Å². The first-order valence-electron chi connectivity index (χ1n) is 8.95. The van der Waals surface area contributed by atoms with E-state index >= 15 is 0 Å². The predicted molar refractivity (Wildman–Crippen MR) is 106 cm³/mol. The van der Waals surface area contributed by atoms with Crippen molar-refractivity contribution in [2.45, 2.75) is 46.7 Å². The second-order valence-electron chi connectivity index (χ2n) is 7.02. The van der Waals surface area contributed by atoms with Gasteiger partial charge in [-0.05, 0) is 37.3 Å². The van der Waals surface area contributed by atoms with Gasteiger partial charge in [0.2, 0.25) is 0 Å². The minimum atomic E-state index is -0.612. The fourth-order valence-electron chi connectivity index (χ4n) is 2.70. The average molecular weight is 391 g/mol. The first-order valence-corrected chi connectivity index (χ1v) is 9.83. The van der Waals surface area contributed by atoms with Crippen LogP contribution in [0.5, 0.6) is 0 Å².